The first-order valence-electron chi connectivity index (χ1n) is 27.2. The molecule has 0 atom stereocenters. The minimum absolute atomic E-state index is 0. The molecule has 0 saturated carbocycles. The minimum Gasteiger partial charge on any atom is -0.508 e. The largest absolute Gasteiger partial charge is 0.508 e. The molecule has 0 aliphatic carbocycles. The van der Waals surface area contributed by atoms with Crippen LogP contribution in [-0.4, -0.2) is 75.9 Å². The van der Waals surface area contributed by atoms with E-state index in [4.69, 9.17) is 38.1 Å². The van der Waals surface area contributed by atoms with Crippen molar-refractivity contribution in [3.8, 4) is 57.5 Å². The van der Waals surface area contributed by atoms with Crippen LogP contribution in [0.15, 0.2) is 163 Å². The van der Waals surface area contributed by atoms with Crippen molar-refractivity contribution < 1.29 is 91.9 Å². The predicted octanol–water partition coefficient (Wildman–Crippen LogP) is 11.7. The number of nitrogens with one attached hydrogen (secondary N) is 5. The number of nitrogens with zero attached hydrogens (tertiary/aromatic N) is 1. The van der Waals surface area contributed by atoms with Crippen molar-refractivity contribution in [3.63, 3.8) is 0 Å². The minimum atomic E-state index is -0.814. The van der Waals surface area contributed by atoms with Gasteiger partial charge in [-0.1, -0.05) is 74.5 Å². The Balaban J connectivity index is 0.000000393. The number of phenols is 8. The maximum Gasteiger partial charge on any atom is 0.412 e. The predicted molar refractivity (Wildman–Crippen MR) is 340 cm³/mol. The molecule has 0 aromatic heterocycles. The Labute approximate surface area is 541 Å². The molecule has 8 rings (SSSR count). The van der Waals surface area contributed by atoms with Gasteiger partial charge in [-0.3, -0.25) is 10.2 Å². The van der Waals surface area contributed by atoms with Crippen LogP contribution in [0, 0.1) is 37.1 Å². The highest BCUT2D eigenvalue weighted by molar-refractivity contribution is 6.61. The molecule has 0 spiro atoms. The monoisotopic (exact) mass is 1330 g/mol. The number of amides is 5. The van der Waals surface area contributed by atoms with E-state index in [0.29, 0.717) is 70.0 Å². The van der Waals surface area contributed by atoms with Gasteiger partial charge < -0.3 is 72.0 Å². The molecule has 23 nitrogen and oxygen atoms in total. The molecule has 17 N–H and O–H groups in total. The summed E-state index contributed by atoms with van der Waals surface area (Å²) in [4.78, 5) is 55.4. The number of carbonyl (C=O) groups is 5. The van der Waals surface area contributed by atoms with Crippen molar-refractivity contribution >= 4 is 59.1 Å². The van der Waals surface area contributed by atoms with Gasteiger partial charge >= 0.3 is 23.6 Å². The lowest BCUT2D eigenvalue weighted by molar-refractivity contribution is 0.0985. The zero-order valence-corrected chi connectivity index (χ0v) is 51.7. The summed E-state index contributed by atoms with van der Waals surface area (Å²) in [5.74, 6) is 0.862. The van der Waals surface area contributed by atoms with Crippen LogP contribution in [-0.2, 0) is 26.2 Å². The second-order valence-electron chi connectivity index (χ2n) is 18.6. The van der Waals surface area contributed by atoms with E-state index in [0.717, 1.165) is 23.8 Å². The zero-order valence-electron chi connectivity index (χ0n) is 50.1. The number of rotatable bonds is 14. The van der Waals surface area contributed by atoms with E-state index < -0.39 is 64.1 Å². The highest BCUT2D eigenvalue weighted by Gasteiger charge is 2.15. The molecule has 0 aliphatic rings. The maximum atomic E-state index is 13.0. The van der Waals surface area contributed by atoms with Gasteiger partial charge in [0.1, 0.15) is 34.5 Å². The van der Waals surface area contributed by atoms with E-state index in [1.54, 1.807) is 76.2 Å². The molecule has 8 aromatic rings. The Morgan fingerprint density at radius 1 is 0.484 bits per heavy atom. The van der Waals surface area contributed by atoms with Crippen LogP contribution < -0.4 is 47.9 Å². The summed E-state index contributed by atoms with van der Waals surface area (Å²) in [6.45, 7) is 7.35. The van der Waals surface area contributed by atoms with E-state index >= 15 is 0 Å². The summed E-state index contributed by atoms with van der Waals surface area (Å²) in [6, 6.07) is 37.4. The van der Waals surface area contributed by atoms with Gasteiger partial charge in [0.15, 0.2) is 52.1 Å². The molecule has 496 valence electrons. The smallest absolute Gasteiger partial charge is 0.412 e. The van der Waals surface area contributed by atoms with Gasteiger partial charge in [0.05, 0.1) is 11.3 Å². The van der Waals surface area contributed by atoms with Gasteiger partial charge in [-0.25, -0.2) is 48.0 Å². The number of phenolic OH excluding ortho intramolecular Hbond substituents is 8. The van der Waals surface area contributed by atoms with Crippen molar-refractivity contribution in [2.45, 2.75) is 66.7 Å². The molecular weight excluding hydrogens is 1270 g/mol. The number of hydrazine groups is 1. The van der Waals surface area contributed by atoms with Crippen molar-refractivity contribution in [2.75, 3.05) is 0 Å². The first kappa shape index (κ1) is 78.1. The van der Waals surface area contributed by atoms with Crippen LogP contribution in [0.4, 0.5) is 36.7 Å². The summed E-state index contributed by atoms with van der Waals surface area (Å²) in [5, 5.41) is 86.1. The molecule has 8 aromatic carbocycles. The standard InChI is InChI=1S/C18H20FN3O4.C14H12FNO3.C10H12O3.C8H10FN3O2.C7H5ClO2.C7H8FNO.ClH/c1-3-14(12-5-7-15(23)10(2)17(12)25)21-22-18(26)20-9-11-4-6-13(19)16(24)8-11;15-12-7-6-10(8-13(12)17)9-16-14(18)19-11-4-2-1-3-5-11;1-3-8(11)7-4-5-9(12)6(2)10(7)13;9-6-2-1-5(3-7(6)13)4-11-8(14)12-10;8-7(9)10-6-4-2-1-3-5-6;8-6-2-1-5(4-9)3-7(6)10;/h4-8,23-25H,3,9H2,1-2H3,(H2,20,22,26);1-8,17H,9H2,(H,16,18);4-5,12-13H,3H2,1-2H3;1-3,13H,4,10H2,(H2,11,12,14);1-5H;1-3,10H,4,9H2;1H/b21-14+;;;;;;. The number of hydrogen-bond donors (Lipinski definition) is 15. The number of ether oxygens (including phenoxy) is 2. The number of urea groups is 2. The summed E-state index contributed by atoms with van der Waals surface area (Å²) < 4.78 is 60.3. The van der Waals surface area contributed by atoms with E-state index in [1.807, 2.05) is 17.6 Å². The fourth-order valence-corrected chi connectivity index (χ4v) is 7.10. The zero-order chi connectivity index (χ0) is 68.5. The normalized spacial score (nSPS) is 10.0. The van der Waals surface area contributed by atoms with Crippen LogP contribution in [0.3, 0.4) is 0 Å². The molecule has 0 radical (unpaired) electrons. The Hall–Kier alpha value is -11.0. The van der Waals surface area contributed by atoms with Crippen LogP contribution >= 0.6 is 24.0 Å². The Morgan fingerprint density at radius 2 is 0.860 bits per heavy atom. The number of halogens is 6. The lowest BCUT2D eigenvalue weighted by atomic mass is 10.0. The van der Waals surface area contributed by atoms with Gasteiger partial charge in [-0.05, 0) is 140 Å². The third-order valence-corrected chi connectivity index (χ3v) is 12.1. The van der Waals surface area contributed by atoms with E-state index in [9.17, 15) is 72.2 Å². The van der Waals surface area contributed by atoms with Crippen molar-refractivity contribution in [1.29, 1.82) is 0 Å². The van der Waals surface area contributed by atoms with Crippen molar-refractivity contribution in [1.82, 2.24) is 26.8 Å². The Kier molecular flexibility index (Phi) is 34.1. The third kappa shape index (κ3) is 27.7. The molecule has 0 unspecified atom stereocenters. The Bertz CT molecular complexity index is 3790. The third-order valence-electron chi connectivity index (χ3n) is 12.0. The highest BCUT2D eigenvalue weighted by Crippen LogP contribution is 2.32. The van der Waals surface area contributed by atoms with Crippen LogP contribution in [0.25, 0.3) is 0 Å². The van der Waals surface area contributed by atoms with E-state index in [2.05, 4.69) is 31.2 Å². The summed E-state index contributed by atoms with van der Waals surface area (Å²) in [6.07, 6.45) is 0.164. The second kappa shape index (κ2) is 40.6. The van der Waals surface area contributed by atoms with Gasteiger partial charge in [0.2, 0.25) is 0 Å². The molecule has 29 heteroatoms. The molecule has 0 heterocycles. The number of carbonyl (C=O) groups excluding carboxylic acids is 5. The Morgan fingerprint density at radius 3 is 1.25 bits per heavy atom. The number of Topliss-reactive ketones (excluding diaryl/α,β-unsaturated/α-hetero) is 1. The first-order valence-corrected chi connectivity index (χ1v) is 27.5. The number of para-hydroxylation sites is 2. The van der Waals surface area contributed by atoms with Gasteiger partial charge in [0, 0.05) is 60.9 Å². The van der Waals surface area contributed by atoms with Crippen LogP contribution in [0.1, 0.15) is 76.0 Å². The number of ketones is 1. The van der Waals surface area contributed by atoms with Crippen LogP contribution in [0.5, 0.6) is 57.5 Å². The lowest BCUT2D eigenvalue weighted by Crippen LogP contribution is -2.39. The van der Waals surface area contributed by atoms with Gasteiger partial charge in [-0.2, -0.15) is 5.10 Å². The topological polar surface area (TPSA) is 390 Å². The molecule has 0 fully saturated rings. The molecule has 0 bridgehead atoms. The van der Waals surface area contributed by atoms with Gasteiger partial charge in [0.25, 0.3) is 0 Å². The summed E-state index contributed by atoms with van der Waals surface area (Å²) in [7, 11) is 0. The molecular formula is C64H68Cl2F4N8O15. The van der Waals surface area contributed by atoms with Gasteiger partial charge in [-0.15, -0.1) is 12.4 Å². The number of hydrazone groups is 1. The van der Waals surface area contributed by atoms with E-state index in [-0.39, 0.29) is 72.1 Å². The molecule has 0 saturated heterocycles. The fourth-order valence-electron chi connectivity index (χ4n) is 7.01. The number of nitrogens with two attached hydrogens (primary N) is 2. The fraction of sp³-hybridized carbons (Fsp3) is 0.156. The van der Waals surface area contributed by atoms with E-state index in [1.165, 1.54) is 78.9 Å². The number of benzene rings is 8. The molecule has 93 heavy (non-hydrogen) atoms. The molecule has 0 aliphatic heterocycles. The summed E-state index contributed by atoms with van der Waals surface area (Å²) >= 11 is 4.95. The van der Waals surface area contributed by atoms with Crippen molar-refractivity contribution in [2.24, 2.45) is 16.7 Å². The SMILES string of the molecule is CC/C(=N\NC(=O)NCc1ccc(F)c(O)c1)c1ccc(O)c(C)c1O.CCC(=O)c1ccc(O)c(C)c1O.Cl.NCc1ccc(F)c(O)c1.NNC(=O)NCc1ccc(F)c(O)c1.O=C(Cl)Oc1ccccc1.O=C(NCc1ccc(F)c(O)c1)Oc1ccccc1. The van der Waals surface area contributed by atoms with Crippen molar-refractivity contribution in [3.05, 3.63) is 226 Å². The number of hydrogen-bond acceptors (Lipinski definition) is 18. The van der Waals surface area contributed by atoms with Crippen LogP contribution in [0.2, 0.25) is 0 Å². The lowest BCUT2D eigenvalue weighted by Gasteiger charge is -2.11. The molecule has 5 amide bonds. The first-order chi connectivity index (χ1) is 43.7. The number of aromatic hydroxyl groups is 8. The average molecular weight is 1340 g/mol. The summed E-state index contributed by atoms with van der Waals surface area (Å²) in [5.41, 5.74) is 12.8. The maximum absolute atomic E-state index is 13.0. The quantitative estimate of drug-likeness (QED) is 0.00914. The average Bonchev–Trinajstić information content (AvgIpc) is 1.14. The highest BCUT2D eigenvalue weighted by atomic mass is 35.5. The second-order valence-corrected chi connectivity index (χ2v) is 18.9.